The van der Waals surface area contributed by atoms with Crippen molar-refractivity contribution in [2.24, 2.45) is 0 Å². The van der Waals surface area contributed by atoms with E-state index in [1.807, 2.05) is 6.92 Å². The summed E-state index contributed by atoms with van der Waals surface area (Å²) in [4.78, 5) is 17.2. The van der Waals surface area contributed by atoms with Crippen molar-refractivity contribution >= 4 is 28.5 Å². The van der Waals surface area contributed by atoms with Crippen molar-refractivity contribution in [3.05, 3.63) is 51.0 Å². The summed E-state index contributed by atoms with van der Waals surface area (Å²) < 4.78 is 4.75. The standard InChI is InChI=1S/C17H17NO3S/c1-9-13(12-4-5-22-10(12)2)7-15(19)16-14(9)6-11(8-18-16)17(20)21-3/h4-6,8,15,19H,7H2,1-3H3. The molecule has 0 aliphatic heterocycles. The summed E-state index contributed by atoms with van der Waals surface area (Å²) in [5.74, 6) is -0.420. The van der Waals surface area contributed by atoms with Gasteiger partial charge < -0.3 is 9.84 Å². The first-order valence-electron chi connectivity index (χ1n) is 7.03. The number of rotatable bonds is 2. The lowest BCUT2D eigenvalue weighted by Crippen LogP contribution is -2.13. The molecule has 114 valence electrons. The number of carbonyl (C=O) groups excluding carboxylic acids is 1. The Morgan fingerprint density at radius 3 is 2.82 bits per heavy atom. The lowest BCUT2D eigenvalue weighted by molar-refractivity contribution is 0.0600. The zero-order valence-electron chi connectivity index (χ0n) is 12.7. The Kier molecular flexibility index (Phi) is 3.85. The number of hydrogen-bond acceptors (Lipinski definition) is 5. The van der Waals surface area contributed by atoms with Gasteiger partial charge in [-0.1, -0.05) is 0 Å². The largest absolute Gasteiger partial charge is 0.465 e. The number of fused-ring (bicyclic) bond motifs is 1. The molecule has 0 spiro atoms. The van der Waals surface area contributed by atoms with E-state index in [-0.39, 0.29) is 0 Å². The number of aryl methyl sites for hydroxylation is 1. The molecule has 0 fully saturated rings. The molecule has 4 nitrogen and oxygen atoms in total. The number of hydrogen-bond donors (Lipinski definition) is 1. The lowest BCUT2D eigenvalue weighted by atomic mass is 9.84. The minimum Gasteiger partial charge on any atom is -0.465 e. The molecule has 2 aromatic rings. The second-order valence-corrected chi connectivity index (χ2v) is 6.48. The van der Waals surface area contributed by atoms with E-state index in [0.717, 1.165) is 22.3 Å². The molecule has 1 aliphatic rings. The average molecular weight is 315 g/mol. The number of allylic oxidation sites excluding steroid dienone is 1. The van der Waals surface area contributed by atoms with Crippen LogP contribution in [-0.2, 0) is 4.74 Å². The predicted octanol–water partition coefficient (Wildman–Crippen LogP) is 3.61. The van der Waals surface area contributed by atoms with E-state index in [9.17, 15) is 9.90 Å². The van der Waals surface area contributed by atoms with E-state index in [4.69, 9.17) is 4.74 Å². The second-order valence-electron chi connectivity index (χ2n) is 5.36. The molecule has 0 radical (unpaired) electrons. The van der Waals surface area contributed by atoms with Crippen molar-refractivity contribution in [3.8, 4) is 0 Å². The Labute approximate surface area is 133 Å². The Hall–Kier alpha value is -1.98. The number of ether oxygens (including phenoxy) is 1. The number of thiophene rings is 1. The first-order chi connectivity index (χ1) is 10.5. The molecule has 0 saturated heterocycles. The normalized spacial score (nSPS) is 17.4. The number of nitrogens with zero attached hydrogens (tertiary/aromatic N) is 1. The molecule has 2 aromatic heterocycles. The van der Waals surface area contributed by atoms with Gasteiger partial charge in [-0.05, 0) is 48.1 Å². The van der Waals surface area contributed by atoms with Crippen LogP contribution in [0, 0.1) is 6.92 Å². The number of esters is 1. The number of pyridine rings is 1. The Morgan fingerprint density at radius 2 is 2.18 bits per heavy atom. The van der Waals surface area contributed by atoms with E-state index >= 15 is 0 Å². The summed E-state index contributed by atoms with van der Waals surface area (Å²) in [5, 5.41) is 12.5. The Balaban J connectivity index is 2.17. The van der Waals surface area contributed by atoms with Crippen molar-refractivity contribution in [1.82, 2.24) is 4.98 Å². The molecule has 0 amide bonds. The van der Waals surface area contributed by atoms with Crippen molar-refractivity contribution in [2.45, 2.75) is 26.4 Å². The SMILES string of the molecule is COC(=O)c1cnc2c(c1)C(C)=C(c1ccsc1C)CC2O. The lowest BCUT2D eigenvalue weighted by Gasteiger charge is -2.25. The first-order valence-corrected chi connectivity index (χ1v) is 7.91. The number of aliphatic hydroxyl groups excluding tert-OH is 1. The van der Waals surface area contributed by atoms with Gasteiger partial charge in [-0.25, -0.2) is 4.79 Å². The maximum atomic E-state index is 11.7. The Morgan fingerprint density at radius 1 is 1.41 bits per heavy atom. The van der Waals surface area contributed by atoms with Gasteiger partial charge in [0.25, 0.3) is 0 Å². The maximum absolute atomic E-state index is 11.7. The van der Waals surface area contributed by atoms with Gasteiger partial charge in [0.1, 0.15) is 6.10 Å². The molecule has 1 N–H and O–H groups in total. The highest BCUT2D eigenvalue weighted by Gasteiger charge is 2.27. The van der Waals surface area contributed by atoms with Crippen molar-refractivity contribution < 1.29 is 14.6 Å². The number of carbonyl (C=O) groups is 1. The van der Waals surface area contributed by atoms with Gasteiger partial charge in [0, 0.05) is 23.1 Å². The topological polar surface area (TPSA) is 59.4 Å². The van der Waals surface area contributed by atoms with Gasteiger partial charge >= 0.3 is 5.97 Å². The van der Waals surface area contributed by atoms with Gasteiger partial charge in [-0.3, -0.25) is 4.98 Å². The van der Waals surface area contributed by atoms with Gasteiger partial charge in [0.2, 0.25) is 0 Å². The second kappa shape index (κ2) is 5.66. The third-order valence-corrected chi connectivity index (χ3v) is 4.94. The van der Waals surface area contributed by atoms with Crippen LogP contribution in [0.3, 0.4) is 0 Å². The molecule has 1 atom stereocenters. The molecular weight excluding hydrogens is 298 g/mol. The molecule has 0 saturated carbocycles. The minimum absolute atomic E-state index is 0.399. The molecular formula is C17H17NO3S. The predicted molar refractivity (Wildman–Crippen MR) is 86.7 cm³/mol. The average Bonchev–Trinajstić information content (AvgIpc) is 2.95. The van der Waals surface area contributed by atoms with E-state index < -0.39 is 12.1 Å². The van der Waals surface area contributed by atoms with Crippen LogP contribution in [0.25, 0.3) is 11.1 Å². The molecule has 5 heteroatoms. The summed E-state index contributed by atoms with van der Waals surface area (Å²) in [5.41, 5.74) is 5.18. The van der Waals surface area contributed by atoms with Crippen LogP contribution in [0.5, 0.6) is 0 Å². The fourth-order valence-corrected chi connectivity index (χ4v) is 3.61. The summed E-state index contributed by atoms with van der Waals surface area (Å²) in [6, 6.07) is 3.84. The summed E-state index contributed by atoms with van der Waals surface area (Å²) in [6.07, 6.45) is 1.35. The highest BCUT2D eigenvalue weighted by Crippen LogP contribution is 2.42. The van der Waals surface area contributed by atoms with E-state index in [1.54, 1.807) is 17.4 Å². The number of aromatic nitrogens is 1. The Bertz CT molecular complexity index is 776. The van der Waals surface area contributed by atoms with Gasteiger partial charge in [0.15, 0.2) is 0 Å². The van der Waals surface area contributed by atoms with Crippen LogP contribution in [0.1, 0.15) is 51.5 Å². The van der Waals surface area contributed by atoms with Crippen LogP contribution in [0.2, 0.25) is 0 Å². The van der Waals surface area contributed by atoms with Crippen molar-refractivity contribution in [1.29, 1.82) is 0 Å². The van der Waals surface area contributed by atoms with Gasteiger partial charge in [-0.2, -0.15) is 0 Å². The zero-order chi connectivity index (χ0) is 15.9. The van der Waals surface area contributed by atoms with Crippen LogP contribution in [0.4, 0.5) is 0 Å². The molecule has 0 aromatic carbocycles. The van der Waals surface area contributed by atoms with Gasteiger partial charge in [0.05, 0.1) is 18.4 Å². The fraction of sp³-hybridized carbons (Fsp3) is 0.294. The highest BCUT2D eigenvalue weighted by atomic mass is 32.1. The smallest absolute Gasteiger partial charge is 0.339 e. The van der Waals surface area contributed by atoms with Crippen LogP contribution >= 0.6 is 11.3 Å². The van der Waals surface area contributed by atoms with Crippen molar-refractivity contribution in [2.75, 3.05) is 7.11 Å². The van der Waals surface area contributed by atoms with Gasteiger partial charge in [-0.15, -0.1) is 11.3 Å². The third kappa shape index (κ3) is 2.36. The van der Waals surface area contributed by atoms with E-state index in [2.05, 4.69) is 23.4 Å². The maximum Gasteiger partial charge on any atom is 0.339 e. The molecule has 2 heterocycles. The van der Waals surface area contributed by atoms with E-state index in [0.29, 0.717) is 17.7 Å². The van der Waals surface area contributed by atoms with E-state index in [1.165, 1.54) is 18.2 Å². The summed E-state index contributed by atoms with van der Waals surface area (Å²) in [6.45, 7) is 4.09. The minimum atomic E-state index is -0.653. The molecule has 0 bridgehead atoms. The first kappa shape index (κ1) is 14.9. The zero-order valence-corrected chi connectivity index (χ0v) is 13.5. The van der Waals surface area contributed by atoms with Crippen molar-refractivity contribution in [3.63, 3.8) is 0 Å². The summed E-state index contributed by atoms with van der Waals surface area (Å²) >= 11 is 1.69. The monoisotopic (exact) mass is 315 g/mol. The number of aliphatic hydroxyl groups is 1. The molecule has 1 unspecified atom stereocenters. The highest BCUT2D eigenvalue weighted by molar-refractivity contribution is 7.10. The third-order valence-electron chi connectivity index (χ3n) is 4.09. The van der Waals surface area contributed by atoms with Crippen LogP contribution < -0.4 is 0 Å². The quantitative estimate of drug-likeness (QED) is 0.860. The molecule has 22 heavy (non-hydrogen) atoms. The fourth-order valence-electron chi connectivity index (χ4n) is 2.89. The van der Waals surface area contributed by atoms with Crippen LogP contribution in [0.15, 0.2) is 23.7 Å². The molecule has 1 aliphatic carbocycles. The van der Waals surface area contributed by atoms with Crippen LogP contribution in [-0.4, -0.2) is 23.2 Å². The summed E-state index contributed by atoms with van der Waals surface area (Å²) in [7, 11) is 1.35. The molecule has 3 rings (SSSR count). The number of methoxy groups -OCH3 is 1.